The van der Waals surface area contributed by atoms with Gasteiger partial charge in [-0.2, -0.15) is 0 Å². The maximum atomic E-state index is 13.7. The van der Waals surface area contributed by atoms with Crippen molar-refractivity contribution in [2.24, 2.45) is 27.7 Å². The minimum atomic E-state index is -0.514. The average Bonchev–Trinajstić information content (AvgIpc) is 3.16. The van der Waals surface area contributed by atoms with Crippen LogP contribution in [-0.2, 0) is 0 Å². The van der Waals surface area contributed by atoms with Crippen molar-refractivity contribution in [2.75, 3.05) is 6.54 Å². The van der Waals surface area contributed by atoms with E-state index in [2.05, 4.69) is 36.8 Å². The van der Waals surface area contributed by atoms with Gasteiger partial charge < -0.3 is 9.84 Å². The molecule has 0 bridgehead atoms. The third-order valence-electron chi connectivity index (χ3n) is 8.14. The summed E-state index contributed by atoms with van der Waals surface area (Å²) in [6, 6.07) is 15.9. The summed E-state index contributed by atoms with van der Waals surface area (Å²) in [5.74, 6) is 2.27. The van der Waals surface area contributed by atoms with Crippen LogP contribution < -0.4 is 4.74 Å². The molecule has 192 valence electrons. The van der Waals surface area contributed by atoms with Crippen molar-refractivity contribution < 1.29 is 14.6 Å². The monoisotopic (exact) mass is 488 g/mol. The lowest BCUT2D eigenvalue weighted by molar-refractivity contribution is 0.0910. The maximum absolute atomic E-state index is 13.7. The van der Waals surface area contributed by atoms with E-state index in [1.165, 1.54) is 0 Å². The van der Waals surface area contributed by atoms with Crippen LogP contribution >= 0.6 is 0 Å². The molecule has 5 heteroatoms. The Morgan fingerprint density at radius 1 is 1.06 bits per heavy atom. The SMILES string of the molecule is CC(O)c1cccc(OC2CCC(C)C(CC(=O)c3ccccc3C3CN=CC=NC3C)C(C)C2)c1. The molecule has 2 aromatic rings. The van der Waals surface area contributed by atoms with Crippen LogP contribution in [0.5, 0.6) is 5.75 Å². The van der Waals surface area contributed by atoms with Crippen LogP contribution in [0.1, 0.15) is 86.9 Å². The summed E-state index contributed by atoms with van der Waals surface area (Å²) < 4.78 is 6.38. The molecule has 0 radical (unpaired) electrons. The number of nitrogens with zero attached hydrogens (tertiary/aromatic N) is 2. The Morgan fingerprint density at radius 2 is 1.86 bits per heavy atom. The molecular weight excluding hydrogens is 448 g/mol. The zero-order valence-electron chi connectivity index (χ0n) is 22.0. The van der Waals surface area contributed by atoms with Crippen LogP contribution in [0.15, 0.2) is 58.5 Å². The molecule has 0 aromatic heterocycles. The number of ether oxygens (including phenoxy) is 1. The molecule has 1 fully saturated rings. The zero-order valence-corrected chi connectivity index (χ0v) is 22.0. The summed E-state index contributed by atoms with van der Waals surface area (Å²) in [6.45, 7) is 9.07. The Labute approximate surface area is 215 Å². The first-order valence-corrected chi connectivity index (χ1v) is 13.4. The summed E-state index contributed by atoms with van der Waals surface area (Å²) in [6.07, 6.45) is 6.61. The van der Waals surface area contributed by atoms with Crippen LogP contribution in [0.2, 0.25) is 0 Å². The standard InChI is InChI=1S/C31H40N2O3/c1-20-12-13-26(36-25-9-7-8-24(17-25)23(4)34)16-21(2)29(20)18-31(35)28-11-6-5-10-27(28)30-19-32-14-15-33-22(30)3/h5-11,14-15,17,20-23,26,29-30,34H,12-13,16,18-19H2,1-4H3. The smallest absolute Gasteiger partial charge is 0.163 e. The van der Waals surface area contributed by atoms with Gasteiger partial charge in [-0.15, -0.1) is 0 Å². The van der Waals surface area contributed by atoms with Gasteiger partial charge in [-0.05, 0) is 74.1 Å². The fourth-order valence-electron chi connectivity index (χ4n) is 5.89. The highest BCUT2D eigenvalue weighted by Gasteiger charge is 2.34. The lowest BCUT2D eigenvalue weighted by atomic mass is 9.77. The third-order valence-corrected chi connectivity index (χ3v) is 8.14. The second-order valence-electron chi connectivity index (χ2n) is 10.8. The van der Waals surface area contributed by atoms with Crippen molar-refractivity contribution >= 4 is 18.2 Å². The summed E-state index contributed by atoms with van der Waals surface area (Å²) in [7, 11) is 0. The minimum Gasteiger partial charge on any atom is -0.490 e. The van der Waals surface area contributed by atoms with Crippen LogP contribution in [0.25, 0.3) is 0 Å². The van der Waals surface area contributed by atoms with Crippen molar-refractivity contribution in [1.82, 2.24) is 0 Å². The predicted molar refractivity (Wildman–Crippen MR) is 147 cm³/mol. The summed E-state index contributed by atoms with van der Waals surface area (Å²) in [5, 5.41) is 9.92. The van der Waals surface area contributed by atoms with Crippen LogP contribution in [-0.4, -0.2) is 42.0 Å². The molecule has 7 atom stereocenters. The lowest BCUT2D eigenvalue weighted by Gasteiger charge is -2.28. The highest BCUT2D eigenvalue weighted by Crippen LogP contribution is 2.38. The van der Waals surface area contributed by atoms with Crippen molar-refractivity contribution in [1.29, 1.82) is 0 Å². The largest absolute Gasteiger partial charge is 0.490 e. The quantitative estimate of drug-likeness (QED) is 0.359. The second-order valence-corrected chi connectivity index (χ2v) is 10.8. The van der Waals surface area contributed by atoms with Crippen LogP contribution in [0.4, 0.5) is 0 Å². The Hall–Kier alpha value is -2.79. The summed E-state index contributed by atoms with van der Waals surface area (Å²) >= 11 is 0. The fraction of sp³-hybridized carbons (Fsp3) is 0.516. The molecule has 5 nitrogen and oxygen atoms in total. The van der Waals surface area contributed by atoms with E-state index in [9.17, 15) is 9.90 Å². The van der Waals surface area contributed by atoms with Gasteiger partial charge >= 0.3 is 0 Å². The molecule has 1 saturated carbocycles. The van der Waals surface area contributed by atoms with E-state index >= 15 is 0 Å². The number of aliphatic imine (C=N–C) groups is 2. The van der Waals surface area contributed by atoms with E-state index in [1.54, 1.807) is 19.4 Å². The van der Waals surface area contributed by atoms with Gasteiger partial charge in [0.15, 0.2) is 5.78 Å². The second kappa shape index (κ2) is 12.0. The predicted octanol–water partition coefficient (Wildman–Crippen LogP) is 6.46. The van der Waals surface area contributed by atoms with E-state index in [0.29, 0.717) is 30.7 Å². The number of aliphatic hydroxyl groups is 1. The van der Waals surface area contributed by atoms with Crippen LogP contribution in [0, 0.1) is 17.8 Å². The van der Waals surface area contributed by atoms with Gasteiger partial charge in [0, 0.05) is 36.9 Å². The molecule has 2 aromatic carbocycles. The Balaban J connectivity index is 1.46. The number of carbonyl (C=O) groups excluding carboxylic acids is 1. The molecule has 4 rings (SSSR count). The number of ketones is 1. The van der Waals surface area contributed by atoms with Gasteiger partial charge in [0.2, 0.25) is 0 Å². The molecule has 1 N–H and O–H groups in total. The molecule has 1 aliphatic heterocycles. The summed E-state index contributed by atoms with van der Waals surface area (Å²) in [4.78, 5) is 22.8. The molecule has 7 unspecified atom stereocenters. The number of benzene rings is 2. The normalized spacial score (nSPS) is 29.2. The Morgan fingerprint density at radius 3 is 2.67 bits per heavy atom. The molecule has 1 heterocycles. The van der Waals surface area contributed by atoms with Gasteiger partial charge in [0.1, 0.15) is 5.75 Å². The van der Waals surface area contributed by atoms with Crippen LogP contribution in [0.3, 0.4) is 0 Å². The Kier molecular flexibility index (Phi) is 8.73. The molecular formula is C31H40N2O3. The fourth-order valence-corrected chi connectivity index (χ4v) is 5.89. The molecule has 36 heavy (non-hydrogen) atoms. The molecule has 0 spiro atoms. The van der Waals surface area contributed by atoms with E-state index in [-0.39, 0.29) is 23.8 Å². The van der Waals surface area contributed by atoms with E-state index < -0.39 is 6.10 Å². The third kappa shape index (κ3) is 6.31. The van der Waals surface area contributed by atoms with Gasteiger partial charge in [-0.25, -0.2) is 0 Å². The van der Waals surface area contributed by atoms with E-state index in [1.807, 2.05) is 42.5 Å². The number of hydrogen-bond acceptors (Lipinski definition) is 5. The topological polar surface area (TPSA) is 71.2 Å². The number of Topliss-reactive ketones (excluding diaryl/α,β-unsaturated/α-hetero) is 1. The van der Waals surface area contributed by atoms with Crippen molar-refractivity contribution in [3.63, 3.8) is 0 Å². The number of aliphatic hydroxyl groups excluding tert-OH is 1. The number of rotatable bonds is 7. The Bertz CT molecular complexity index is 1090. The highest BCUT2D eigenvalue weighted by molar-refractivity contribution is 6.16. The van der Waals surface area contributed by atoms with Gasteiger partial charge in [0.05, 0.1) is 18.2 Å². The molecule has 0 saturated heterocycles. The number of hydrogen-bond donors (Lipinski definition) is 1. The first-order valence-electron chi connectivity index (χ1n) is 13.4. The van der Waals surface area contributed by atoms with Gasteiger partial charge in [-0.3, -0.25) is 14.8 Å². The highest BCUT2D eigenvalue weighted by atomic mass is 16.5. The average molecular weight is 489 g/mol. The molecule has 2 aliphatic rings. The number of carbonyl (C=O) groups is 1. The lowest BCUT2D eigenvalue weighted by Crippen LogP contribution is -2.25. The van der Waals surface area contributed by atoms with E-state index in [0.717, 1.165) is 41.7 Å². The maximum Gasteiger partial charge on any atom is 0.163 e. The molecule has 1 aliphatic carbocycles. The zero-order chi connectivity index (χ0) is 25.7. The van der Waals surface area contributed by atoms with Crippen molar-refractivity contribution in [3.8, 4) is 5.75 Å². The first-order chi connectivity index (χ1) is 17.3. The van der Waals surface area contributed by atoms with Crippen molar-refractivity contribution in [2.45, 2.75) is 77.5 Å². The van der Waals surface area contributed by atoms with E-state index in [4.69, 9.17) is 4.74 Å². The van der Waals surface area contributed by atoms with Gasteiger partial charge in [0.25, 0.3) is 0 Å². The van der Waals surface area contributed by atoms with Crippen molar-refractivity contribution in [3.05, 3.63) is 65.2 Å². The van der Waals surface area contributed by atoms with Gasteiger partial charge in [-0.1, -0.05) is 50.2 Å². The molecule has 0 amide bonds. The minimum absolute atomic E-state index is 0.0856. The first kappa shape index (κ1) is 26.3. The summed E-state index contributed by atoms with van der Waals surface area (Å²) in [5.41, 5.74) is 2.76.